The molecule has 33 heavy (non-hydrogen) atoms. The molecule has 0 aliphatic heterocycles. The Morgan fingerprint density at radius 1 is 0.818 bits per heavy atom. The Kier molecular flexibility index (Phi) is 6.60. The number of carbonyl (C=O) groups is 2. The zero-order chi connectivity index (χ0) is 23.5. The van der Waals surface area contributed by atoms with Crippen molar-refractivity contribution in [3.63, 3.8) is 0 Å². The number of halogens is 1. The number of benzene rings is 2. The molecule has 0 atom stereocenters. The van der Waals surface area contributed by atoms with Crippen molar-refractivity contribution < 1.29 is 23.8 Å². The number of anilines is 1. The minimum Gasteiger partial charge on any atom is -0.497 e. The highest BCUT2D eigenvalue weighted by molar-refractivity contribution is 9.10. The molecule has 1 aliphatic carbocycles. The first kappa shape index (κ1) is 22.7. The van der Waals surface area contributed by atoms with Crippen molar-refractivity contribution in [2.75, 3.05) is 26.2 Å². The molecule has 0 N–H and O–H groups in total. The van der Waals surface area contributed by atoms with Crippen molar-refractivity contribution in [2.45, 2.75) is 18.8 Å². The molecule has 1 saturated carbocycles. The van der Waals surface area contributed by atoms with Gasteiger partial charge in [-0.3, -0.25) is 9.59 Å². The zero-order valence-corrected chi connectivity index (χ0v) is 20.0. The van der Waals surface area contributed by atoms with E-state index in [1.54, 1.807) is 48.5 Å². The van der Waals surface area contributed by atoms with Crippen LogP contribution in [-0.4, -0.2) is 43.1 Å². The standard InChI is InChI=1S/C24H22BrN3O5/c1-31-17-10-6-15(7-11-17)22(29)28(23(30)16-8-12-18(32-2)13-9-16)24-26-20(14-4-5-14)19(25)21(27-24)33-3/h6-14H,4-5H2,1-3H3. The third-order valence-electron chi connectivity index (χ3n) is 5.27. The topological polar surface area (TPSA) is 90.9 Å². The predicted molar refractivity (Wildman–Crippen MR) is 125 cm³/mol. The Bertz CT molecular complexity index is 1120. The Balaban J connectivity index is 1.82. The number of aromatic nitrogens is 2. The molecule has 8 nitrogen and oxygen atoms in total. The lowest BCUT2D eigenvalue weighted by Gasteiger charge is -2.21. The van der Waals surface area contributed by atoms with Crippen LogP contribution in [0.3, 0.4) is 0 Å². The third-order valence-corrected chi connectivity index (χ3v) is 6.02. The fraction of sp³-hybridized carbons (Fsp3) is 0.250. The van der Waals surface area contributed by atoms with Gasteiger partial charge in [0.15, 0.2) is 0 Å². The van der Waals surface area contributed by atoms with Crippen molar-refractivity contribution in [3.05, 3.63) is 69.8 Å². The number of amides is 2. The van der Waals surface area contributed by atoms with E-state index in [2.05, 4.69) is 25.9 Å². The van der Waals surface area contributed by atoms with Crippen LogP contribution < -0.4 is 19.1 Å². The highest BCUT2D eigenvalue weighted by atomic mass is 79.9. The van der Waals surface area contributed by atoms with Crippen LogP contribution in [0.25, 0.3) is 0 Å². The fourth-order valence-electron chi connectivity index (χ4n) is 3.29. The molecule has 9 heteroatoms. The van der Waals surface area contributed by atoms with Crippen LogP contribution in [0.2, 0.25) is 0 Å². The summed E-state index contributed by atoms with van der Waals surface area (Å²) in [5, 5.41) is 0. The van der Waals surface area contributed by atoms with Gasteiger partial charge in [0.25, 0.3) is 11.8 Å². The molecule has 0 saturated heterocycles. The molecule has 3 aromatic rings. The molecule has 2 amide bonds. The molecule has 170 valence electrons. The maximum Gasteiger partial charge on any atom is 0.267 e. The molecule has 1 aliphatic rings. The third kappa shape index (κ3) is 4.68. The predicted octanol–water partition coefficient (Wildman–Crippen LogP) is 4.63. The minimum absolute atomic E-state index is 0.0430. The fourth-order valence-corrected chi connectivity index (χ4v) is 3.96. The lowest BCUT2D eigenvalue weighted by atomic mass is 10.1. The smallest absolute Gasteiger partial charge is 0.267 e. The van der Waals surface area contributed by atoms with E-state index in [4.69, 9.17) is 14.2 Å². The summed E-state index contributed by atoms with van der Waals surface area (Å²) in [6.07, 6.45) is 1.94. The normalized spacial score (nSPS) is 12.7. The quantitative estimate of drug-likeness (QED) is 0.427. The van der Waals surface area contributed by atoms with Gasteiger partial charge in [0.1, 0.15) is 16.0 Å². The van der Waals surface area contributed by atoms with E-state index < -0.39 is 11.8 Å². The Morgan fingerprint density at radius 2 is 1.30 bits per heavy atom. The van der Waals surface area contributed by atoms with E-state index in [0.717, 1.165) is 17.7 Å². The number of carbonyl (C=O) groups excluding carboxylic acids is 2. The van der Waals surface area contributed by atoms with Crippen molar-refractivity contribution in [1.29, 1.82) is 0 Å². The molecule has 0 spiro atoms. The Morgan fingerprint density at radius 3 is 1.70 bits per heavy atom. The van der Waals surface area contributed by atoms with E-state index in [1.165, 1.54) is 21.3 Å². The lowest BCUT2D eigenvalue weighted by Crippen LogP contribution is -2.38. The number of methoxy groups -OCH3 is 3. The second-order valence-electron chi connectivity index (χ2n) is 7.41. The summed E-state index contributed by atoms with van der Waals surface area (Å²) in [6, 6.07) is 13.0. The molecular formula is C24H22BrN3O5. The number of rotatable bonds is 7. The largest absolute Gasteiger partial charge is 0.497 e. The summed E-state index contributed by atoms with van der Waals surface area (Å²) in [5.41, 5.74) is 1.29. The summed E-state index contributed by atoms with van der Waals surface area (Å²) >= 11 is 3.49. The monoisotopic (exact) mass is 511 g/mol. The molecule has 0 unspecified atom stereocenters. The zero-order valence-electron chi connectivity index (χ0n) is 18.4. The Hall–Kier alpha value is -3.46. The van der Waals surface area contributed by atoms with Gasteiger partial charge in [0.05, 0.1) is 27.0 Å². The van der Waals surface area contributed by atoms with Gasteiger partial charge < -0.3 is 14.2 Å². The van der Waals surface area contributed by atoms with Crippen LogP contribution in [0, 0.1) is 0 Å². The van der Waals surface area contributed by atoms with Crippen molar-refractivity contribution >= 4 is 33.7 Å². The average molecular weight is 512 g/mol. The van der Waals surface area contributed by atoms with Gasteiger partial charge in [-0.1, -0.05) is 0 Å². The lowest BCUT2D eigenvalue weighted by molar-refractivity contribution is 0.0895. The molecular weight excluding hydrogens is 490 g/mol. The van der Waals surface area contributed by atoms with Crippen LogP contribution in [-0.2, 0) is 0 Å². The second kappa shape index (κ2) is 9.58. The van der Waals surface area contributed by atoms with E-state index in [1.807, 2.05) is 0 Å². The SMILES string of the molecule is COc1ccc(C(=O)N(C(=O)c2ccc(OC)cc2)c2nc(OC)c(Br)c(C3CC3)n2)cc1. The highest BCUT2D eigenvalue weighted by Crippen LogP contribution is 2.45. The first-order chi connectivity index (χ1) is 16.0. The van der Waals surface area contributed by atoms with Gasteiger partial charge in [-0.25, -0.2) is 9.88 Å². The van der Waals surface area contributed by atoms with Crippen LogP contribution >= 0.6 is 15.9 Å². The van der Waals surface area contributed by atoms with Crippen LogP contribution in [0.4, 0.5) is 5.95 Å². The van der Waals surface area contributed by atoms with Gasteiger partial charge in [0.2, 0.25) is 11.8 Å². The van der Waals surface area contributed by atoms with E-state index >= 15 is 0 Å². The average Bonchev–Trinajstić information content (AvgIpc) is 3.70. The Labute approximate surface area is 199 Å². The maximum atomic E-state index is 13.6. The van der Waals surface area contributed by atoms with Gasteiger partial charge in [0, 0.05) is 17.0 Å². The highest BCUT2D eigenvalue weighted by Gasteiger charge is 2.34. The van der Waals surface area contributed by atoms with Gasteiger partial charge in [-0.2, -0.15) is 4.98 Å². The molecule has 1 heterocycles. The molecule has 2 aromatic carbocycles. The second-order valence-corrected chi connectivity index (χ2v) is 8.20. The van der Waals surface area contributed by atoms with Gasteiger partial charge >= 0.3 is 0 Å². The summed E-state index contributed by atoms with van der Waals surface area (Å²) in [5.74, 6) is 0.503. The molecule has 0 radical (unpaired) electrons. The van der Waals surface area contributed by atoms with E-state index in [0.29, 0.717) is 21.7 Å². The number of nitrogens with zero attached hydrogens (tertiary/aromatic N) is 3. The van der Waals surface area contributed by atoms with Gasteiger partial charge in [-0.05, 0) is 77.3 Å². The number of hydrogen-bond acceptors (Lipinski definition) is 7. The maximum absolute atomic E-state index is 13.6. The summed E-state index contributed by atoms with van der Waals surface area (Å²) in [7, 11) is 4.56. The van der Waals surface area contributed by atoms with E-state index in [-0.39, 0.29) is 28.9 Å². The van der Waals surface area contributed by atoms with Crippen molar-refractivity contribution in [1.82, 2.24) is 9.97 Å². The molecule has 0 bridgehead atoms. The van der Waals surface area contributed by atoms with Crippen LogP contribution in [0.15, 0.2) is 53.0 Å². The number of imide groups is 1. The molecule has 1 fully saturated rings. The first-order valence-corrected chi connectivity index (χ1v) is 11.0. The first-order valence-electron chi connectivity index (χ1n) is 10.2. The summed E-state index contributed by atoms with van der Waals surface area (Å²) < 4.78 is 16.4. The summed E-state index contributed by atoms with van der Waals surface area (Å²) in [4.78, 5) is 37.1. The van der Waals surface area contributed by atoms with Crippen LogP contribution in [0.1, 0.15) is 45.2 Å². The van der Waals surface area contributed by atoms with Crippen molar-refractivity contribution in [3.8, 4) is 17.4 Å². The summed E-state index contributed by atoms with van der Waals surface area (Å²) in [6.45, 7) is 0. The molecule has 4 rings (SSSR count). The minimum atomic E-state index is -0.565. The number of hydrogen-bond donors (Lipinski definition) is 0. The van der Waals surface area contributed by atoms with Gasteiger partial charge in [-0.15, -0.1) is 0 Å². The van der Waals surface area contributed by atoms with Crippen LogP contribution in [0.5, 0.6) is 17.4 Å². The molecule has 1 aromatic heterocycles. The van der Waals surface area contributed by atoms with E-state index in [9.17, 15) is 9.59 Å². The number of ether oxygens (including phenoxy) is 3. The van der Waals surface area contributed by atoms with Crippen molar-refractivity contribution in [2.24, 2.45) is 0 Å².